The van der Waals surface area contributed by atoms with E-state index in [0.717, 1.165) is 0 Å². The van der Waals surface area contributed by atoms with Crippen molar-refractivity contribution in [3.8, 4) is 5.75 Å². The molecule has 3 nitrogen and oxygen atoms in total. The van der Waals surface area contributed by atoms with Crippen molar-refractivity contribution in [3.63, 3.8) is 0 Å². The van der Waals surface area contributed by atoms with Crippen LogP contribution in [0.4, 0.5) is 0 Å². The lowest BCUT2D eigenvalue weighted by atomic mass is 9.98. The van der Waals surface area contributed by atoms with E-state index >= 15 is 0 Å². The first-order valence-corrected chi connectivity index (χ1v) is 9.06. The Morgan fingerprint density at radius 3 is 2.32 bits per heavy atom. The Morgan fingerprint density at radius 2 is 1.73 bits per heavy atom. The van der Waals surface area contributed by atoms with Crippen molar-refractivity contribution in [2.24, 2.45) is 0 Å². The summed E-state index contributed by atoms with van der Waals surface area (Å²) in [6.07, 6.45) is 0. The summed E-state index contributed by atoms with van der Waals surface area (Å²) in [5.41, 5.74) is 2.45. The summed E-state index contributed by atoms with van der Waals surface area (Å²) >= 11 is 0. The molecule has 0 bridgehead atoms. The van der Waals surface area contributed by atoms with E-state index < -0.39 is 9.84 Å². The number of aryl methyl sites for hydroxylation is 1. The van der Waals surface area contributed by atoms with Crippen molar-refractivity contribution in [2.45, 2.75) is 31.6 Å². The Labute approximate surface area is 132 Å². The number of benzene rings is 2. The summed E-state index contributed by atoms with van der Waals surface area (Å²) < 4.78 is 29.9. The molecular weight excluding hydrogens is 296 g/mol. The second-order valence-corrected chi connectivity index (χ2v) is 7.76. The fourth-order valence-corrected chi connectivity index (χ4v) is 3.51. The molecule has 0 heterocycles. The van der Waals surface area contributed by atoms with Crippen LogP contribution in [0.5, 0.6) is 5.75 Å². The zero-order chi connectivity index (χ0) is 16.2. The number of ether oxygens (including phenoxy) is 1. The predicted molar refractivity (Wildman–Crippen MR) is 89.3 cm³/mol. The van der Waals surface area contributed by atoms with Crippen molar-refractivity contribution >= 4 is 9.84 Å². The van der Waals surface area contributed by atoms with Gasteiger partial charge in [0.25, 0.3) is 0 Å². The Balaban J connectivity index is 1.98. The summed E-state index contributed by atoms with van der Waals surface area (Å²) in [5, 5.41) is 0. The van der Waals surface area contributed by atoms with Gasteiger partial charge in [-0.3, -0.25) is 0 Å². The van der Waals surface area contributed by atoms with Crippen LogP contribution in [0.2, 0.25) is 0 Å². The SMILES string of the molecule is Cc1cc(OCCS(=O)(=O)c2ccccc2)ccc1C(C)C. The van der Waals surface area contributed by atoms with Gasteiger partial charge in [0.2, 0.25) is 0 Å². The minimum Gasteiger partial charge on any atom is -0.493 e. The topological polar surface area (TPSA) is 43.4 Å². The highest BCUT2D eigenvalue weighted by Gasteiger charge is 2.14. The van der Waals surface area contributed by atoms with E-state index in [4.69, 9.17) is 4.74 Å². The summed E-state index contributed by atoms with van der Waals surface area (Å²) in [6, 6.07) is 14.4. The van der Waals surface area contributed by atoms with Crippen LogP contribution < -0.4 is 4.74 Å². The van der Waals surface area contributed by atoms with E-state index in [1.54, 1.807) is 30.3 Å². The van der Waals surface area contributed by atoms with Crippen molar-refractivity contribution in [1.82, 2.24) is 0 Å². The Hall–Kier alpha value is -1.81. The molecule has 0 aromatic heterocycles. The van der Waals surface area contributed by atoms with Crippen LogP contribution in [0.15, 0.2) is 53.4 Å². The molecule has 0 aliphatic rings. The predicted octanol–water partition coefficient (Wildman–Crippen LogP) is 3.97. The molecule has 2 aromatic rings. The van der Waals surface area contributed by atoms with Crippen molar-refractivity contribution in [2.75, 3.05) is 12.4 Å². The normalized spacial score (nSPS) is 11.6. The lowest BCUT2D eigenvalue weighted by Gasteiger charge is -2.12. The van der Waals surface area contributed by atoms with Crippen LogP contribution >= 0.6 is 0 Å². The van der Waals surface area contributed by atoms with Gasteiger partial charge in [0.15, 0.2) is 9.84 Å². The molecule has 22 heavy (non-hydrogen) atoms. The molecule has 0 radical (unpaired) electrons. The molecule has 0 fully saturated rings. The van der Waals surface area contributed by atoms with Crippen LogP contribution in [0.25, 0.3) is 0 Å². The van der Waals surface area contributed by atoms with Crippen LogP contribution in [0.1, 0.15) is 30.9 Å². The summed E-state index contributed by atoms with van der Waals surface area (Å²) in [5.74, 6) is 1.15. The Bertz CT molecular complexity index is 719. The van der Waals surface area contributed by atoms with Gasteiger partial charge in [0.05, 0.1) is 10.6 Å². The molecule has 0 aliphatic carbocycles. The number of hydrogen-bond acceptors (Lipinski definition) is 3. The molecule has 0 atom stereocenters. The third kappa shape index (κ3) is 4.10. The summed E-state index contributed by atoms with van der Waals surface area (Å²) in [7, 11) is -3.29. The lowest BCUT2D eigenvalue weighted by Crippen LogP contribution is -2.14. The van der Waals surface area contributed by atoms with E-state index in [0.29, 0.717) is 16.6 Å². The van der Waals surface area contributed by atoms with Gasteiger partial charge in [-0.15, -0.1) is 0 Å². The molecule has 4 heteroatoms. The van der Waals surface area contributed by atoms with Gasteiger partial charge >= 0.3 is 0 Å². The fourth-order valence-electron chi connectivity index (χ4n) is 2.40. The smallest absolute Gasteiger partial charge is 0.181 e. The van der Waals surface area contributed by atoms with Gasteiger partial charge in [0.1, 0.15) is 12.4 Å². The average molecular weight is 318 g/mol. The van der Waals surface area contributed by atoms with Gasteiger partial charge in [0, 0.05) is 0 Å². The van der Waals surface area contributed by atoms with Gasteiger partial charge in [-0.2, -0.15) is 0 Å². The number of rotatable bonds is 6. The van der Waals surface area contributed by atoms with E-state index in [1.807, 2.05) is 25.1 Å². The summed E-state index contributed by atoms with van der Waals surface area (Å²) in [6.45, 7) is 6.49. The molecule has 0 amide bonds. The zero-order valence-electron chi connectivity index (χ0n) is 13.2. The maximum Gasteiger partial charge on any atom is 0.181 e. The standard InChI is InChI=1S/C18H22O3S/c1-14(2)18-10-9-16(13-15(18)3)21-11-12-22(19,20)17-7-5-4-6-8-17/h4-10,13-14H,11-12H2,1-3H3. The third-order valence-electron chi connectivity index (χ3n) is 3.59. The van der Waals surface area contributed by atoms with Gasteiger partial charge in [-0.05, 0) is 48.2 Å². The van der Waals surface area contributed by atoms with Gasteiger partial charge < -0.3 is 4.74 Å². The molecule has 0 saturated carbocycles. The molecule has 0 saturated heterocycles. The number of hydrogen-bond donors (Lipinski definition) is 0. The quantitative estimate of drug-likeness (QED) is 0.809. The highest BCUT2D eigenvalue weighted by molar-refractivity contribution is 7.91. The minimum atomic E-state index is -3.29. The highest BCUT2D eigenvalue weighted by atomic mass is 32.2. The molecule has 0 N–H and O–H groups in total. The van der Waals surface area contributed by atoms with Crippen molar-refractivity contribution < 1.29 is 13.2 Å². The molecule has 118 valence electrons. The molecular formula is C18H22O3S. The lowest BCUT2D eigenvalue weighted by molar-refractivity contribution is 0.340. The van der Waals surface area contributed by atoms with Crippen LogP contribution in [-0.2, 0) is 9.84 Å². The molecule has 0 unspecified atom stereocenters. The molecule has 0 aliphatic heterocycles. The first-order chi connectivity index (χ1) is 10.4. The third-order valence-corrected chi connectivity index (χ3v) is 5.28. The van der Waals surface area contributed by atoms with E-state index in [-0.39, 0.29) is 12.4 Å². The van der Waals surface area contributed by atoms with Crippen LogP contribution in [0.3, 0.4) is 0 Å². The highest BCUT2D eigenvalue weighted by Crippen LogP contribution is 2.23. The van der Waals surface area contributed by atoms with Crippen LogP contribution in [-0.4, -0.2) is 20.8 Å². The van der Waals surface area contributed by atoms with E-state index in [1.165, 1.54) is 11.1 Å². The Kier molecular flexibility index (Phi) is 5.24. The van der Waals surface area contributed by atoms with E-state index in [9.17, 15) is 8.42 Å². The second-order valence-electron chi connectivity index (χ2n) is 5.65. The monoisotopic (exact) mass is 318 g/mol. The molecule has 2 rings (SSSR count). The van der Waals surface area contributed by atoms with Crippen molar-refractivity contribution in [1.29, 1.82) is 0 Å². The molecule has 2 aromatic carbocycles. The first-order valence-electron chi connectivity index (χ1n) is 7.41. The maximum atomic E-state index is 12.2. The fraction of sp³-hybridized carbons (Fsp3) is 0.333. The maximum absolute atomic E-state index is 12.2. The molecule has 0 spiro atoms. The average Bonchev–Trinajstić information content (AvgIpc) is 2.47. The zero-order valence-corrected chi connectivity index (χ0v) is 14.1. The van der Waals surface area contributed by atoms with E-state index in [2.05, 4.69) is 13.8 Å². The van der Waals surface area contributed by atoms with Gasteiger partial charge in [-0.25, -0.2) is 8.42 Å². The van der Waals surface area contributed by atoms with Crippen LogP contribution in [0, 0.1) is 6.92 Å². The van der Waals surface area contributed by atoms with Gasteiger partial charge in [-0.1, -0.05) is 38.1 Å². The number of sulfone groups is 1. The largest absolute Gasteiger partial charge is 0.493 e. The van der Waals surface area contributed by atoms with Crippen molar-refractivity contribution in [3.05, 3.63) is 59.7 Å². The first kappa shape index (κ1) is 16.6. The summed E-state index contributed by atoms with van der Waals surface area (Å²) in [4.78, 5) is 0.338. The Morgan fingerprint density at radius 1 is 1.05 bits per heavy atom. The second kappa shape index (κ2) is 6.97. The minimum absolute atomic E-state index is 0.0258.